The van der Waals surface area contributed by atoms with E-state index in [9.17, 15) is 18.0 Å². The molecule has 0 spiro atoms. The van der Waals surface area contributed by atoms with E-state index in [1.165, 1.54) is 5.56 Å². The Kier molecular flexibility index (Phi) is 4.77. The number of ketones is 1. The van der Waals surface area contributed by atoms with Crippen molar-refractivity contribution in [3.8, 4) is 0 Å². The number of fused-ring (bicyclic) bond motifs is 1. The number of sulfone groups is 1. The van der Waals surface area contributed by atoms with Crippen molar-refractivity contribution >= 4 is 21.6 Å². The van der Waals surface area contributed by atoms with Gasteiger partial charge in [-0.2, -0.15) is 0 Å². The van der Waals surface area contributed by atoms with Crippen molar-refractivity contribution in [2.45, 2.75) is 26.2 Å². The average Bonchev–Trinajstić information content (AvgIpc) is 2.84. The van der Waals surface area contributed by atoms with Gasteiger partial charge in [0.05, 0.1) is 6.61 Å². The SMILES string of the molecule is CCOC(=O)CS(=O)(=O)CC(=O)c1ccc2c(c1)CCC2. The maximum atomic E-state index is 12.1. The molecule has 0 saturated heterocycles. The van der Waals surface area contributed by atoms with Crippen LogP contribution in [0.25, 0.3) is 0 Å². The first kappa shape index (κ1) is 15.7. The summed E-state index contributed by atoms with van der Waals surface area (Å²) < 4.78 is 28.2. The minimum Gasteiger partial charge on any atom is -0.465 e. The molecule has 1 aliphatic carbocycles. The Balaban J connectivity index is 2.05. The Labute approximate surface area is 124 Å². The first-order chi connectivity index (χ1) is 9.91. The zero-order valence-corrected chi connectivity index (χ0v) is 12.7. The molecule has 0 saturated carbocycles. The highest BCUT2D eigenvalue weighted by atomic mass is 32.2. The molecule has 5 nitrogen and oxygen atoms in total. The van der Waals surface area contributed by atoms with Gasteiger partial charge < -0.3 is 4.74 Å². The van der Waals surface area contributed by atoms with Crippen LogP contribution in [0.5, 0.6) is 0 Å². The second-order valence-corrected chi connectivity index (χ2v) is 7.16. The van der Waals surface area contributed by atoms with Crippen molar-refractivity contribution in [1.82, 2.24) is 0 Å². The molecular formula is C15H18O5S. The molecule has 0 unspecified atom stereocenters. The van der Waals surface area contributed by atoms with Crippen LogP contribution in [-0.2, 0) is 32.2 Å². The van der Waals surface area contributed by atoms with Crippen molar-refractivity contribution in [2.24, 2.45) is 0 Å². The molecule has 0 fully saturated rings. The molecule has 0 bridgehead atoms. The van der Waals surface area contributed by atoms with Gasteiger partial charge in [0, 0.05) is 5.56 Å². The summed E-state index contributed by atoms with van der Waals surface area (Å²) >= 11 is 0. The predicted octanol–water partition coefficient (Wildman–Crippen LogP) is 1.34. The van der Waals surface area contributed by atoms with Gasteiger partial charge >= 0.3 is 5.97 Å². The maximum Gasteiger partial charge on any atom is 0.321 e. The zero-order chi connectivity index (χ0) is 15.5. The Morgan fingerprint density at radius 3 is 2.57 bits per heavy atom. The molecule has 0 N–H and O–H groups in total. The largest absolute Gasteiger partial charge is 0.465 e. The lowest BCUT2D eigenvalue weighted by molar-refractivity contribution is -0.139. The fourth-order valence-electron chi connectivity index (χ4n) is 2.46. The van der Waals surface area contributed by atoms with E-state index in [0.717, 1.165) is 24.8 Å². The number of benzene rings is 1. The van der Waals surface area contributed by atoms with E-state index in [0.29, 0.717) is 5.56 Å². The number of esters is 1. The van der Waals surface area contributed by atoms with E-state index in [4.69, 9.17) is 0 Å². The zero-order valence-electron chi connectivity index (χ0n) is 11.9. The van der Waals surface area contributed by atoms with Gasteiger partial charge in [0.25, 0.3) is 0 Å². The van der Waals surface area contributed by atoms with Gasteiger partial charge in [0.1, 0.15) is 11.5 Å². The van der Waals surface area contributed by atoms with Gasteiger partial charge in [0.15, 0.2) is 15.6 Å². The van der Waals surface area contributed by atoms with Gasteiger partial charge in [-0.3, -0.25) is 9.59 Å². The highest BCUT2D eigenvalue weighted by Gasteiger charge is 2.23. The Bertz CT molecular complexity index is 661. The number of hydrogen-bond donors (Lipinski definition) is 0. The molecule has 0 amide bonds. The third-order valence-corrected chi connectivity index (χ3v) is 4.79. The van der Waals surface area contributed by atoms with Crippen molar-refractivity contribution in [2.75, 3.05) is 18.1 Å². The second kappa shape index (κ2) is 6.39. The van der Waals surface area contributed by atoms with Crippen molar-refractivity contribution in [1.29, 1.82) is 0 Å². The van der Waals surface area contributed by atoms with Gasteiger partial charge in [-0.05, 0) is 43.4 Å². The van der Waals surface area contributed by atoms with Gasteiger partial charge in [-0.1, -0.05) is 12.1 Å². The molecule has 0 radical (unpaired) electrons. The lowest BCUT2D eigenvalue weighted by Gasteiger charge is -2.06. The molecule has 0 atom stereocenters. The highest BCUT2D eigenvalue weighted by molar-refractivity contribution is 7.92. The lowest BCUT2D eigenvalue weighted by Crippen LogP contribution is -2.25. The van der Waals surface area contributed by atoms with Gasteiger partial charge in [-0.15, -0.1) is 0 Å². The molecule has 0 heterocycles. The minimum atomic E-state index is -3.79. The summed E-state index contributed by atoms with van der Waals surface area (Å²) in [4.78, 5) is 23.3. The first-order valence-corrected chi connectivity index (χ1v) is 8.74. The topological polar surface area (TPSA) is 77.5 Å². The maximum absolute atomic E-state index is 12.1. The van der Waals surface area contributed by atoms with E-state index < -0.39 is 33.1 Å². The summed E-state index contributed by atoms with van der Waals surface area (Å²) in [6.07, 6.45) is 2.99. The molecule has 1 aromatic rings. The summed E-state index contributed by atoms with van der Waals surface area (Å²) in [5.74, 6) is -2.71. The third-order valence-electron chi connectivity index (χ3n) is 3.41. The number of aryl methyl sites for hydroxylation is 2. The number of hydrogen-bond acceptors (Lipinski definition) is 5. The second-order valence-electron chi connectivity index (χ2n) is 5.10. The Morgan fingerprint density at radius 2 is 1.86 bits per heavy atom. The monoisotopic (exact) mass is 310 g/mol. The van der Waals surface area contributed by atoms with E-state index in [2.05, 4.69) is 4.74 Å². The van der Waals surface area contributed by atoms with Crippen LogP contribution < -0.4 is 0 Å². The Hall–Kier alpha value is -1.69. The summed E-state index contributed by atoms with van der Waals surface area (Å²) in [5.41, 5.74) is 2.73. The summed E-state index contributed by atoms with van der Waals surface area (Å²) in [7, 11) is -3.79. The first-order valence-electron chi connectivity index (χ1n) is 6.92. The molecular weight excluding hydrogens is 292 g/mol. The number of carbonyl (C=O) groups excluding carboxylic acids is 2. The predicted molar refractivity (Wildman–Crippen MR) is 78.1 cm³/mol. The van der Waals surface area contributed by atoms with Crippen LogP contribution in [0.15, 0.2) is 18.2 Å². The van der Waals surface area contributed by atoms with E-state index in [1.54, 1.807) is 19.1 Å². The average molecular weight is 310 g/mol. The lowest BCUT2D eigenvalue weighted by atomic mass is 10.0. The Morgan fingerprint density at radius 1 is 1.14 bits per heavy atom. The van der Waals surface area contributed by atoms with E-state index in [-0.39, 0.29) is 6.61 Å². The molecule has 6 heteroatoms. The molecule has 114 valence electrons. The minimum absolute atomic E-state index is 0.118. The van der Waals surface area contributed by atoms with Crippen LogP contribution in [0.2, 0.25) is 0 Å². The van der Waals surface area contributed by atoms with Crippen LogP contribution in [-0.4, -0.2) is 38.3 Å². The number of carbonyl (C=O) groups is 2. The standard InChI is InChI=1S/C15H18O5S/c1-2-20-15(17)10-21(18,19)9-14(16)13-7-6-11-4-3-5-12(11)8-13/h6-8H,2-5,9-10H2,1H3. The normalized spacial score (nSPS) is 13.8. The molecule has 21 heavy (non-hydrogen) atoms. The summed E-state index contributed by atoms with van der Waals surface area (Å²) in [6, 6.07) is 5.31. The highest BCUT2D eigenvalue weighted by Crippen LogP contribution is 2.23. The molecule has 0 aromatic heterocycles. The van der Waals surface area contributed by atoms with Crippen LogP contribution in [0.1, 0.15) is 34.8 Å². The smallest absolute Gasteiger partial charge is 0.321 e. The van der Waals surface area contributed by atoms with Crippen molar-refractivity contribution in [3.63, 3.8) is 0 Å². The van der Waals surface area contributed by atoms with Crippen LogP contribution in [0.3, 0.4) is 0 Å². The molecule has 2 rings (SSSR count). The van der Waals surface area contributed by atoms with Crippen molar-refractivity contribution in [3.05, 3.63) is 34.9 Å². The fraction of sp³-hybridized carbons (Fsp3) is 0.467. The molecule has 1 aromatic carbocycles. The van der Waals surface area contributed by atoms with Crippen LogP contribution in [0, 0.1) is 0 Å². The van der Waals surface area contributed by atoms with Crippen LogP contribution in [0.4, 0.5) is 0 Å². The third kappa shape index (κ3) is 4.14. The van der Waals surface area contributed by atoms with Gasteiger partial charge in [-0.25, -0.2) is 8.42 Å². The van der Waals surface area contributed by atoms with E-state index >= 15 is 0 Å². The van der Waals surface area contributed by atoms with Crippen LogP contribution >= 0.6 is 0 Å². The van der Waals surface area contributed by atoms with E-state index in [1.807, 2.05) is 6.07 Å². The van der Waals surface area contributed by atoms with Gasteiger partial charge in [0.2, 0.25) is 0 Å². The number of ether oxygens (including phenoxy) is 1. The molecule has 1 aliphatic rings. The van der Waals surface area contributed by atoms with Crippen molar-refractivity contribution < 1.29 is 22.7 Å². The fourth-order valence-corrected chi connectivity index (χ4v) is 3.57. The quantitative estimate of drug-likeness (QED) is 0.585. The molecule has 0 aliphatic heterocycles. The number of Topliss-reactive ketones (excluding diaryl/α,β-unsaturated/α-hetero) is 1. The summed E-state index contributed by atoms with van der Waals surface area (Å²) in [6.45, 7) is 1.72. The number of rotatable bonds is 6. The summed E-state index contributed by atoms with van der Waals surface area (Å²) in [5, 5.41) is 0.